The van der Waals surface area contributed by atoms with Gasteiger partial charge in [0.1, 0.15) is 23.2 Å². The molecule has 1 amide bonds. The van der Waals surface area contributed by atoms with E-state index in [1.165, 1.54) is 54.7 Å². The number of carbonyl (C=O) groups is 1. The number of nitrogens with zero attached hydrogens (tertiary/aromatic N) is 1. The van der Waals surface area contributed by atoms with Gasteiger partial charge in [0.15, 0.2) is 0 Å². The third-order valence-electron chi connectivity index (χ3n) is 3.73. The molecule has 0 saturated carbocycles. The van der Waals surface area contributed by atoms with E-state index in [4.69, 9.17) is 0 Å². The number of aromatic hydroxyl groups is 1. The van der Waals surface area contributed by atoms with Crippen LogP contribution in [0.4, 0.5) is 13.2 Å². The summed E-state index contributed by atoms with van der Waals surface area (Å²) in [5.74, 6) is -2.96. The molecule has 4 nitrogen and oxygen atoms in total. The van der Waals surface area contributed by atoms with Gasteiger partial charge < -0.3 is 5.11 Å². The van der Waals surface area contributed by atoms with E-state index >= 15 is 0 Å². The second-order valence-corrected chi connectivity index (χ2v) is 5.61. The highest BCUT2D eigenvalue weighted by atomic mass is 19.1. The lowest BCUT2D eigenvalue weighted by Gasteiger charge is -2.08. The molecule has 3 rings (SSSR count). The Bertz CT molecular complexity index is 1020. The summed E-state index contributed by atoms with van der Waals surface area (Å²) < 4.78 is 39.8. The highest BCUT2D eigenvalue weighted by Gasteiger charge is 2.14. The Kier molecular flexibility index (Phi) is 5.21. The first-order valence-corrected chi connectivity index (χ1v) is 7.81. The number of benzene rings is 3. The van der Waals surface area contributed by atoms with E-state index in [0.29, 0.717) is 5.56 Å². The van der Waals surface area contributed by atoms with Crippen LogP contribution in [0.3, 0.4) is 0 Å². The zero-order valence-corrected chi connectivity index (χ0v) is 13.8. The molecule has 0 aliphatic carbocycles. The Labute approximate surface area is 152 Å². The van der Waals surface area contributed by atoms with Gasteiger partial charge >= 0.3 is 0 Å². The first-order chi connectivity index (χ1) is 12.9. The molecule has 3 aromatic carbocycles. The zero-order valence-electron chi connectivity index (χ0n) is 13.8. The Hall–Kier alpha value is -3.61. The van der Waals surface area contributed by atoms with Crippen molar-refractivity contribution in [3.05, 3.63) is 89.2 Å². The Morgan fingerprint density at radius 1 is 0.926 bits per heavy atom. The van der Waals surface area contributed by atoms with Crippen LogP contribution in [-0.2, 0) is 0 Å². The second kappa shape index (κ2) is 7.74. The molecule has 0 aliphatic heterocycles. The second-order valence-electron chi connectivity index (χ2n) is 5.61. The number of hydrogen-bond acceptors (Lipinski definition) is 3. The van der Waals surface area contributed by atoms with Crippen LogP contribution in [0, 0.1) is 17.5 Å². The van der Waals surface area contributed by atoms with Crippen LogP contribution in [0.25, 0.3) is 11.1 Å². The van der Waals surface area contributed by atoms with Crippen LogP contribution >= 0.6 is 0 Å². The summed E-state index contributed by atoms with van der Waals surface area (Å²) in [6.07, 6.45) is 1.30. The van der Waals surface area contributed by atoms with E-state index in [-0.39, 0.29) is 22.4 Å². The summed E-state index contributed by atoms with van der Waals surface area (Å²) >= 11 is 0. The van der Waals surface area contributed by atoms with Crippen LogP contribution < -0.4 is 5.43 Å². The number of rotatable bonds is 4. The molecule has 0 fully saturated rings. The normalized spacial score (nSPS) is 10.9. The molecule has 2 N–H and O–H groups in total. The number of halogens is 3. The van der Waals surface area contributed by atoms with Crippen molar-refractivity contribution in [2.45, 2.75) is 0 Å². The molecular weight excluding hydrogens is 357 g/mol. The number of amides is 1. The molecule has 0 aromatic heterocycles. The van der Waals surface area contributed by atoms with E-state index in [1.54, 1.807) is 0 Å². The molecule has 136 valence electrons. The number of phenolic OH excluding ortho intramolecular Hbond substituents is 1. The van der Waals surface area contributed by atoms with E-state index in [9.17, 15) is 23.1 Å². The SMILES string of the molecule is O=C(N/N=C/c1ccc(F)cc1)c1cc(-c2ccc(F)cc2F)ccc1O. The largest absolute Gasteiger partial charge is 0.507 e. The van der Waals surface area contributed by atoms with Crippen LogP contribution in [0.15, 0.2) is 65.8 Å². The molecule has 27 heavy (non-hydrogen) atoms. The summed E-state index contributed by atoms with van der Waals surface area (Å²) in [5, 5.41) is 13.6. The number of nitrogens with one attached hydrogen (secondary N) is 1. The maximum atomic E-state index is 13.9. The Morgan fingerprint density at radius 2 is 1.63 bits per heavy atom. The smallest absolute Gasteiger partial charge is 0.275 e. The van der Waals surface area contributed by atoms with Crippen molar-refractivity contribution in [1.29, 1.82) is 0 Å². The van der Waals surface area contributed by atoms with Crippen molar-refractivity contribution in [2.75, 3.05) is 0 Å². The number of hydrazone groups is 1. The molecule has 7 heteroatoms. The zero-order chi connectivity index (χ0) is 19.4. The fourth-order valence-corrected chi connectivity index (χ4v) is 2.38. The highest BCUT2D eigenvalue weighted by molar-refractivity contribution is 5.98. The third kappa shape index (κ3) is 4.33. The predicted molar refractivity (Wildman–Crippen MR) is 94.9 cm³/mol. The highest BCUT2D eigenvalue weighted by Crippen LogP contribution is 2.28. The Balaban J connectivity index is 1.81. The van der Waals surface area contributed by atoms with Gasteiger partial charge in [0, 0.05) is 11.6 Å². The number of carbonyl (C=O) groups excluding carboxylic acids is 1. The maximum Gasteiger partial charge on any atom is 0.275 e. The molecule has 0 spiro atoms. The van der Waals surface area contributed by atoms with Crippen molar-refractivity contribution in [3.8, 4) is 16.9 Å². The van der Waals surface area contributed by atoms with Crippen LogP contribution in [0.2, 0.25) is 0 Å². The monoisotopic (exact) mass is 370 g/mol. The van der Waals surface area contributed by atoms with Crippen molar-refractivity contribution < 1.29 is 23.1 Å². The molecule has 0 heterocycles. The lowest BCUT2D eigenvalue weighted by Crippen LogP contribution is -2.17. The predicted octanol–water partition coefficient (Wildman–Crippen LogP) is 4.24. The van der Waals surface area contributed by atoms with Gasteiger partial charge in [-0.05, 0) is 47.5 Å². The average Bonchev–Trinajstić information content (AvgIpc) is 2.64. The minimum atomic E-state index is -0.790. The van der Waals surface area contributed by atoms with E-state index in [1.807, 2.05) is 0 Å². The first-order valence-electron chi connectivity index (χ1n) is 7.81. The van der Waals surface area contributed by atoms with Crippen molar-refractivity contribution in [1.82, 2.24) is 5.43 Å². The number of phenols is 1. The molecule has 3 aromatic rings. The summed E-state index contributed by atoms with van der Waals surface area (Å²) in [7, 11) is 0. The molecular formula is C20H13F3N2O2. The summed E-state index contributed by atoms with van der Waals surface area (Å²) in [6.45, 7) is 0. The summed E-state index contributed by atoms with van der Waals surface area (Å²) in [4.78, 5) is 12.2. The lowest BCUT2D eigenvalue weighted by molar-refractivity contribution is 0.0952. The lowest BCUT2D eigenvalue weighted by atomic mass is 10.0. The van der Waals surface area contributed by atoms with Gasteiger partial charge in [0.2, 0.25) is 0 Å². The average molecular weight is 370 g/mol. The van der Waals surface area contributed by atoms with E-state index in [0.717, 1.165) is 12.1 Å². The molecule has 0 atom stereocenters. The number of hydrogen-bond donors (Lipinski definition) is 2. The summed E-state index contributed by atoms with van der Waals surface area (Å²) in [6, 6.07) is 12.4. The fraction of sp³-hybridized carbons (Fsp3) is 0. The van der Waals surface area contributed by atoms with Gasteiger partial charge in [-0.3, -0.25) is 4.79 Å². The topological polar surface area (TPSA) is 61.7 Å². The van der Waals surface area contributed by atoms with Gasteiger partial charge in [-0.1, -0.05) is 18.2 Å². The molecule has 0 unspecified atom stereocenters. The first kappa shape index (κ1) is 18.2. The van der Waals surface area contributed by atoms with Gasteiger partial charge in [-0.2, -0.15) is 5.10 Å². The van der Waals surface area contributed by atoms with Gasteiger partial charge in [0.05, 0.1) is 11.8 Å². The molecule has 0 saturated heterocycles. The van der Waals surface area contributed by atoms with Crippen molar-refractivity contribution >= 4 is 12.1 Å². The molecule has 0 bridgehead atoms. The van der Waals surface area contributed by atoms with Crippen molar-refractivity contribution in [2.24, 2.45) is 5.10 Å². The molecule has 0 radical (unpaired) electrons. The third-order valence-corrected chi connectivity index (χ3v) is 3.73. The standard InChI is InChI=1S/C20H13F3N2O2/c21-14-4-1-12(2-5-14)11-24-25-20(27)17-9-13(3-8-19(17)26)16-7-6-15(22)10-18(16)23/h1-11,26H,(H,25,27)/b24-11+. The molecule has 0 aliphatic rings. The minimum absolute atomic E-state index is 0.0836. The van der Waals surface area contributed by atoms with Crippen LogP contribution in [0.1, 0.15) is 15.9 Å². The van der Waals surface area contributed by atoms with E-state index in [2.05, 4.69) is 10.5 Å². The maximum absolute atomic E-state index is 13.9. The Morgan fingerprint density at radius 3 is 2.33 bits per heavy atom. The van der Waals surface area contributed by atoms with Crippen LogP contribution in [-0.4, -0.2) is 17.2 Å². The fourth-order valence-electron chi connectivity index (χ4n) is 2.38. The van der Waals surface area contributed by atoms with E-state index < -0.39 is 23.4 Å². The van der Waals surface area contributed by atoms with Crippen LogP contribution in [0.5, 0.6) is 5.75 Å². The summed E-state index contributed by atoms with van der Waals surface area (Å²) in [5.41, 5.74) is 3.03. The van der Waals surface area contributed by atoms with Gasteiger partial charge in [0.25, 0.3) is 5.91 Å². The van der Waals surface area contributed by atoms with Gasteiger partial charge in [-0.15, -0.1) is 0 Å². The van der Waals surface area contributed by atoms with Crippen molar-refractivity contribution in [3.63, 3.8) is 0 Å². The quantitative estimate of drug-likeness (QED) is 0.533. The van der Waals surface area contributed by atoms with Gasteiger partial charge in [-0.25, -0.2) is 18.6 Å². The minimum Gasteiger partial charge on any atom is -0.507 e.